The second kappa shape index (κ2) is 13.4. The summed E-state index contributed by atoms with van der Waals surface area (Å²) in [4.78, 5) is 34.6. The molecule has 0 radical (unpaired) electrons. The highest BCUT2D eigenvalue weighted by Gasteiger charge is 2.34. The van der Waals surface area contributed by atoms with E-state index in [4.69, 9.17) is 9.47 Å². The Balaban J connectivity index is 1.92. The molecule has 0 saturated heterocycles. The standard InChI is InChI=1S/C27H35NO5/c1-21(29)28-27(19-32-22(2)30,20-33-23(3)31)18-17-26-15-13-25(14-16-26)12-8-7-11-24-9-5-4-6-10-24/h4-6,9-10,13-16H,7-8,11-12,17-20H2,1-3H3,(H,28,29). The summed E-state index contributed by atoms with van der Waals surface area (Å²) in [7, 11) is 0. The van der Waals surface area contributed by atoms with E-state index in [1.807, 2.05) is 6.07 Å². The molecule has 0 aromatic heterocycles. The van der Waals surface area contributed by atoms with Crippen molar-refractivity contribution in [1.29, 1.82) is 0 Å². The lowest BCUT2D eigenvalue weighted by Crippen LogP contribution is -2.55. The molecule has 0 aliphatic carbocycles. The van der Waals surface area contributed by atoms with Crippen LogP contribution in [0.2, 0.25) is 0 Å². The molecule has 2 aromatic rings. The van der Waals surface area contributed by atoms with Crippen LogP contribution >= 0.6 is 0 Å². The normalized spacial score (nSPS) is 11.0. The van der Waals surface area contributed by atoms with Crippen LogP contribution in [0.5, 0.6) is 0 Å². The molecule has 0 saturated carbocycles. The number of nitrogens with one attached hydrogen (secondary N) is 1. The number of benzene rings is 2. The molecule has 2 aromatic carbocycles. The van der Waals surface area contributed by atoms with E-state index in [2.05, 4.69) is 53.8 Å². The van der Waals surface area contributed by atoms with Gasteiger partial charge in [0.1, 0.15) is 18.8 Å². The van der Waals surface area contributed by atoms with Gasteiger partial charge in [0.25, 0.3) is 0 Å². The Kier molecular flexibility index (Phi) is 10.6. The minimum absolute atomic E-state index is 0.0608. The second-order valence-corrected chi connectivity index (χ2v) is 8.53. The quantitative estimate of drug-likeness (QED) is 0.363. The van der Waals surface area contributed by atoms with Crippen molar-refractivity contribution in [3.05, 3.63) is 71.3 Å². The third-order valence-corrected chi connectivity index (χ3v) is 5.48. The van der Waals surface area contributed by atoms with Crippen LogP contribution in [0.15, 0.2) is 54.6 Å². The van der Waals surface area contributed by atoms with Gasteiger partial charge in [-0.2, -0.15) is 0 Å². The van der Waals surface area contributed by atoms with E-state index >= 15 is 0 Å². The van der Waals surface area contributed by atoms with Crippen molar-refractivity contribution in [2.24, 2.45) is 0 Å². The first kappa shape index (κ1) is 26.1. The predicted molar refractivity (Wildman–Crippen MR) is 128 cm³/mol. The zero-order valence-corrected chi connectivity index (χ0v) is 19.9. The summed E-state index contributed by atoms with van der Waals surface area (Å²) in [5, 5.41) is 2.84. The van der Waals surface area contributed by atoms with Gasteiger partial charge in [0, 0.05) is 20.8 Å². The zero-order valence-electron chi connectivity index (χ0n) is 19.9. The summed E-state index contributed by atoms with van der Waals surface area (Å²) in [6.07, 6.45) is 5.50. The van der Waals surface area contributed by atoms with Crippen molar-refractivity contribution in [2.75, 3.05) is 13.2 Å². The molecule has 0 atom stereocenters. The molecule has 0 bridgehead atoms. The van der Waals surface area contributed by atoms with Gasteiger partial charge in [-0.05, 0) is 55.2 Å². The Morgan fingerprint density at radius 1 is 0.697 bits per heavy atom. The Bertz CT molecular complexity index is 874. The Morgan fingerprint density at radius 2 is 1.15 bits per heavy atom. The van der Waals surface area contributed by atoms with Crippen molar-refractivity contribution >= 4 is 17.8 Å². The first-order valence-corrected chi connectivity index (χ1v) is 11.5. The topological polar surface area (TPSA) is 81.7 Å². The Morgan fingerprint density at radius 3 is 1.61 bits per heavy atom. The maximum atomic E-state index is 11.8. The van der Waals surface area contributed by atoms with Crippen molar-refractivity contribution in [3.8, 4) is 0 Å². The van der Waals surface area contributed by atoms with Crippen LogP contribution in [0.25, 0.3) is 0 Å². The molecule has 6 heteroatoms. The Hall–Kier alpha value is -3.15. The van der Waals surface area contributed by atoms with Crippen LogP contribution < -0.4 is 5.32 Å². The number of esters is 2. The molecular formula is C27H35NO5. The maximum Gasteiger partial charge on any atom is 0.302 e. The third-order valence-electron chi connectivity index (χ3n) is 5.48. The molecule has 6 nitrogen and oxygen atoms in total. The first-order valence-electron chi connectivity index (χ1n) is 11.5. The molecule has 1 amide bonds. The van der Waals surface area contributed by atoms with E-state index in [0.717, 1.165) is 31.2 Å². The second-order valence-electron chi connectivity index (χ2n) is 8.53. The van der Waals surface area contributed by atoms with Gasteiger partial charge < -0.3 is 14.8 Å². The molecule has 1 N–H and O–H groups in total. The number of carbonyl (C=O) groups is 3. The SMILES string of the molecule is CC(=O)NC(CCc1ccc(CCCCc2ccccc2)cc1)(COC(C)=O)COC(C)=O. The molecule has 0 fully saturated rings. The summed E-state index contributed by atoms with van der Waals surface area (Å²) in [5.41, 5.74) is 2.79. The first-order chi connectivity index (χ1) is 15.8. The number of aryl methyl sites for hydroxylation is 3. The average molecular weight is 454 g/mol. The fourth-order valence-electron chi connectivity index (χ4n) is 3.73. The summed E-state index contributed by atoms with van der Waals surface area (Å²) in [6, 6.07) is 19.0. The molecular weight excluding hydrogens is 418 g/mol. The fraction of sp³-hybridized carbons (Fsp3) is 0.444. The van der Waals surface area contributed by atoms with Gasteiger partial charge in [0.15, 0.2) is 0 Å². The van der Waals surface area contributed by atoms with Crippen LogP contribution in [0.3, 0.4) is 0 Å². The van der Waals surface area contributed by atoms with E-state index in [1.54, 1.807) is 0 Å². The van der Waals surface area contributed by atoms with Crippen LogP contribution in [0, 0.1) is 0 Å². The monoisotopic (exact) mass is 453 g/mol. The largest absolute Gasteiger partial charge is 0.463 e. The smallest absolute Gasteiger partial charge is 0.302 e. The number of unbranched alkanes of at least 4 members (excludes halogenated alkanes) is 1. The number of amides is 1. The highest BCUT2D eigenvalue weighted by molar-refractivity contribution is 5.74. The van der Waals surface area contributed by atoms with Gasteiger partial charge in [0.05, 0.1) is 0 Å². The highest BCUT2D eigenvalue weighted by atomic mass is 16.5. The lowest BCUT2D eigenvalue weighted by molar-refractivity contribution is -0.150. The van der Waals surface area contributed by atoms with E-state index in [1.165, 1.54) is 31.9 Å². The van der Waals surface area contributed by atoms with Gasteiger partial charge in [-0.1, -0.05) is 54.6 Å². The maximum absolute atomic E-state index is 11.8. The molecule has 0 spiro atoms. The van der Waals surface area contributed by atoms with Crippen molar-refractivity contribution < 1.29 is 23.9 Å². The summed E-state index contributed by atoms with van der Waals surface area (Å²) >= 11 is 0. The summed E-state index contributed by atoms with van der Waals surface area (Å²) < 4.78 is 10.4. The number of rotatable bonds is 13. The van der Waals surface area contributed by atoms with E-state index in [0.29, 0.717) is 12.8 Å². The molecule has 0 heterocycles. The van der Waals surface area contributed by atoms with Gasteiger partial charge in [0.2, 0.25) is 5.91 Å². The molecule has 0 aliphatic heterocycles. The summed E-state index contributed by atoms with van der Waals surface area (Å²) in [5.74, 6) is -1.19. The van der Waals surface area contributed by atoms with Gasteiger partial charge >= 0.3 is 11.9 Å². The van der Waals surface area contributed by atoms with Crippen molar-refractivity contribution in [1.82, 2.24) is 5.32 Å². The van der Waals surface area contributed by atoms with Crippen LogP contribution in [-0.2, 0) is 43.1 Å². The van der Waals surface area contributed by atoms with Gasteiger partial charge in [-0.15, -0.1) is 0 Å². The molecule has 178 valence electrons. The van der Waals surface area contributed by atoms with E-state index < -0.39 is 17.5 Å². The van der Waals surface area contributed by atoms with Crippen molar-refractivity contribution in [3.63, 3.8) is 0 Å². The minimum Gasteiger partial charge on any atom is -0.463 e. The number of hydrogen-bond donors (Lipinski definition) is 1. The predicted octanol–water partition coefficient (Wildman–Crippen LogP) is 4.19. The Labute approximate surface area is 196 Å². The average Bonchev–Trinajstić information content (AvgIpc) is 2.79. The van der Waals surface area contributed by atoms with Gasteiger partial charge in [-0.25, -0.2) is 0 Å². The number of carbonyl (C=O) groups excluding carboxylic acids is 3. The number of ether oxygens (including phenoxy) is 2. The van der Waals surface area contributed by atoms with Crippen LogP contribution in [-0.4, -0.2) is 36.6 Å². The lowest BCUT2D eigenvalue weighted by Gasteiger charge is -2.33. The highest BCUT2D eigenvalue weighted by Crippen LogP contribution is 2.19. The van der Waals surface area contributed by atoms with Crippen LogP contribution in [0.1, 0.15) is 56.7 Å². The number of hydrogen-bond acceptors (Lipinski definition) is 5. The third kappa shape index (κ3) is 10.3. The fourth-order valence-corrected chi connectivity index (χ4v) is 3.73. The minimum atomic E-state index is -0.973. The lowest BCUT2D eigenvalue weighted by atomic mass is 9.91. The molecule has 0 aliphatic rings. The zero-order chi connectivity index (χ0) is 24.1. The molecule has 2 rings (SSSR count). The van der Waals surface area contributed by atoms with E-state index in [-0.39, 0.29) is 19.1 Å². The van der Waals surface area contributed by atoms with Gasteiger partial charge in [-0.3, -0.25) is 14.4 Å². The van der Waals surface area contributed by atoms with Crippen LogP contribution in [0.4, 0.5) is 0 Å². The molecule has 33 heavy (non-hydrogen) atoms. The summed E-state index contributed by atoms with van der Waals surface area (Å²) in [6.45, 7) is 3.89. The van der Waals surface area contributed by atoms with Crippen molar-refractivity contribution in [2.45, 2.75) is 64.8 Å². The van der Waals surface area contributed by atoms with E-state index in [9.17, 15) is 14.4 Å². The molecule has 0 unspecified atom stereocenters.